The fourth-order valence-electron chi connectivity index (χ4n) is 2.11. The summed E-state index contributed by atoms with van der Waals surface area (Å²) >= 11 is 5.29. The summed E-state index contributed by atoms with van der Waals surface area (Å²) in [6, 6.07) is 6.59. The van der Waals surface area contributed by atoms with Crippen LogP contribution in [0, 0.1) is 27.7 Å². The molecule has 0 aliphatic rings. The average Bonchev–Trinajstić information content (AvgIpc) is 2.63. The minimum absolute atomic E-state index is 0.0284. The van der Waals surface area contributed by atoms with Gasteiger partial charge in [0.05, 0.1) is 9.83 Å². The molecule has 0 bridgehead atoms. The van der Waals surface area contributed by atoms with Crippen molar-refractivity contribution >= 4 is 27.3 Å². The third kappa shape index (κ3) is 2.53. The molecule has 1 aromatic carbocycles. The summed E-state index contributed by atoms with van der Waals surface area (Å²) in [5, 5.41) is 0. The molecule has 2 aromatic rings. The van der Waals surface area contributed by atoms with Crippen LogP contribution < -0.4 is 5.73 Å². The van der Waals surface area contributed by atoms with Gasteiger partial charge in [-0.3, -0.25) is 0 Å². The maximum atomic E-state index is 6.41. The van der Waals surface area contributed by atoms with Gasteiger partial charge in [-0.1, -0.05) is 12.1 Å². The largest absolute Gasteiger partial charge is 0.320 e. The quantitative estimate of drug-likeness (QED) is 0.844. The molecular formula is C15H18BrNS. The molecule has 0 amide bonds. The predicted octanol–water partition coefficient (Wildman–Crippen LogP) is 4.79. The summed E-state index contributed by atoms with van der Waals surface area (Å²) < 4.78 is 1.18. The van der Waals surface area contributed by atoms with Crippen LogP contribution in [0.25, 0.3) is 0 Å². The fourth-order valence-corrected chi connectivity index (χ4v) is 3.70. The lowest BCUT2D eigenvalue weighted by Crippen LogP contribution is -2.12. The highest BCUT2D eigenvalue weighted by Crippen LogP contribution is 2.34. The maximum absolute atomic E-state index is 6.41. The van der Waals surface area contributed by atoms with Crippen molar-refractivity contribution in [2.24, 2.45) is 5.73 Å². The Bertz CT molecular complexity index is 567. The molecular weight excluding hydrogens is 306 g/mol. The van der Waals surface area contributed by atoms with Gasteiger partial charge in [0.2, 0.25) is 0 Å². The molecule has 3 heteroatoms. The summed E-state index contributed by atoms with van der Waals surface area (Å²) in [5.41, 5.74) is 12.8. The van der Waals surface area contributed by atoms with Crippen molar-refractivity contribution in [2.45, 2.75) is 33.7 Å². The van der Waals surface area contributed by atoms with Gasteiger partial charge in [-0.2, -0.15) is 0 Å². The zero-order valence-corrected chi connectivity index (χ0v) is 13.6. The molecule has 18 heavy (non-hydrogen) atoms. The van der Waals surface area contributed by atoms with Crippen LogP contribution in [0.4, 0.5) is 0 Å². The minimum atomic E-state index is -0.0284. The van der Waals surface area contributed by atoms with Gasteiger partial charge in [0.15, 0.2) is 0 Å². The Morgan fingerprint density at radius 1 is 0.944 bits per heavy atom. The molecule has 1 unspecified atom stereocenters. The van der Waals surface area contributed by atoms with Crippen LogP contribution in [0.15, 0.2) is 22.0 Å². The third-order valence-corrected chi connectivity index (χ3v) is 5.62. The molecule has 0 saturated carbocycles. The van der Waals surface area contributed by atoms with E-state index in [4.69, 9.17) is 5.73 Å². The molecule has 2 N–H and O–H groups in total. The Kier molecular flexibility index (Phi) is 3.95. The molecule has 0 aliphatic heterocycles. The third-order valence-electron chi connectivity index (χ3n) is 3.40. The highest BCUT2D eigenvalue weighted by Gasteiger charge is 2.15. The van der Waals surface area contributed by atoms with Gasteiger partial charge in [0, 0.05) is 4.88 Å². The Hall–Kier alpha value is -0.640. The average molecular weight is 324 g/mol. The van der Waals surface area contributed by atoms with Crippen molar-refractivity contribution in [3.8, 4) is 0 Å². The molecule has 1 nitrogen and oxygen atoms in total. The first kappa shape index (κ1) is 13.8. The topological polar surface area (TPSA) is 26.0 Å². The Morgan fingerprint density at radius 2 is 1.56 bits per heavy atom. The SMILES string of the molecule is Cc1cc(C)c(C(N)c2cc(C)c(Br)s2)cc1C. The van der Waals surface area contributed by atoms with E-state index in [1.54, 1.807) is 11.3 Å². The molecule has 1 heterocycles. The summed E-state index contributed by atoms with van der Waals surface area (Å²) in [4.78, 5) is 1.21. The van der Waals surface area contributed by atoms with Gasteiger partial charge < -0.3 is 5.73 Å². The van der Waals surface area contributed by atoms with Crippen LogP contribution in [0.3, 0.4) is 0 Å². The van der Waals surface area contributed by atoms with Crippen LogP contribution in [0.1, 0.15) is 38.7 Å². The number of halogens is 1. The van der Waals surface area contributed by atoms with E-state index in [2.05, 4.69) is 61.8 Å². The first-order valence-electron chi connectivity index (χ1n) is 5.99. The lowest BCUT2D eigenvalue weighted by molar-refractivity contribution is 0.878. The summed E-state index contributed by atoms with van der Waals surface area (Å²) in [5.74, 6) is 0. The van der Waals surface area contributed by atoms with Gasteiger partial charge in [-0.15, -0.1) is 11.3 Å². The zero-order chi connectivity index (χ0) is 13.4. The predicted molar refractivity (Wildman–Crippen MR) is 83.4 cm³/mol. The second-order valence-corrected chi connectivity index (χ2v) is 7.28. The molecule has 0 saturated heterocycles. The van der Waals surface area contributed by atoms with Crippen LogP contribution in [-0.2, 0) is 0 Å². The van der Waals surface area contributed by atoms with E-state index >= 15 is 0 Å². The lowest BCUT2D eigenvalue weighted by atomic mass is 9.95. The maximum Gasteiger partial charge on any atom is 0.0731 e. The summed E-state index contributed by atoms with van der Waals surface area (Å²) in [6.07, 6.45) is 0. The number of hydrogen-bond donors (Lipinski definition) is 1. The van der Waals surface area contributed by atoms with E-state index in [1.807, 2.05) is 0 Å². The molecule has 96 valence electrons. The normalized spacial score (nSPS) is 12.8. The van der Waals surface area contributed by atoms with E-state index in [0.29, 0.717) is 0 Å². The van der Waals surface area contributed by atoms with Crippen molar-refractivity contribution in [1.29, 1.82) is 0 Å². The number of rotatable bonds is 2. The molecule has 1 aromatic heterocycles. The van der Waals surface area contributed by atoms with Crippen LogP contribution in [-0.4, -0.2) is 0 Å². The standard InChI is InChI=1S/C15H18BrNS/c1-8-5-10(3)12(6-9(8)2)14(17)13-7-11(4)15(16)18-13/h5-7,14H,17H2,1-4H3. The number of aryl methyl sites for hydroxylation is 4. The molecule has 2 rings (SSSR count). The van der Waals surface area contributed by atoms with Gasteiger partial charge in [-0.25, -0.2) is 0 Å². The van der Waals surface area contributed by atoms with Crippen molar-refractivity contribution in [2.75, 3.05) is 0 Å². The first-order valence-corrected chi connectivity index (χ1v) is 7.60. The van der Waals surface area contributed by atoms with Crippen molar-refractivity contribution in [3.05, 3.63) is 54.7 Å². The monoisotopic (exact) mass is 323 g/mol. The molecule has 0 spiro atoms. The Morgan fingerprint density at radius 3 is 2.11 bits per heavy atom. The van der Waals surface area contributed by atoms with Gasteiger partial charge in [0.25, 0.3) is 0 Å². The number of nitrogens with two attached hydrogens (primary N) is 1. The lowest BCUT2D eigenvalue weighted by Gasteiger charge is -2.15. The van der Waals surface area contributed by atoms with E-state index in [1.165, 1.54) is 36.5 Å². The Labute approximate surface area is 121 Å². The van der Waals surface area contributed by atoms with E-state index in [0.717, 1.165) is 0 Å². The number of thiophene rings is 1. The van der Waals surface area contributed by atoms with Crippen molar-refractivity contribution in [3.63, 3.8) is 0 Å². The summed E-state index contributed by atoms with van der Waals surface area (Å²) in [7, 11) is 0. The molecule has 0 radical (unpaired) electrons. The molecule has 0 aliphatic carbocycles. The van der Waals surface area contributed by atoms with E-state index in [-0.39, 0.29) is 6.04 Å². The van der Waals surface area contributed by atoms with Gasteiger partial charge >= 0.3 is 0 Å². The highest BCUT2D eigenvalue weighted by molar-refractivity contribution is 9.11. The highest BCUT2D eigenvalue weighted by atomic mass is 79.9. The van der Waals surface area contributed by atoms with Gasteiger partial charge in [0.1, 0.15) is 0 Å². The van der Waals surface area contributed by atoms with Crippen LogP contribution >= 0.6 is 27.3 Å². The second-order valence-electron chi connectivity index (χ2n) is 4.88. The Balaban J connectivity index is 2.45. The zero-order valence-electron chi connectivity index (χ0n) is 11.2. The van der Waals surface area contributed by atoms with Crippen molar-refractivity contribution < 1.29 is 0 Å². The van der Waals surface area contributed by atoms with E-state index < -0.39 is 0 Å². The van der Waals surface area contributed by atoms with Gasteiger partial charge in [-0.05, 0) is 77.5 Å². The minimum Gasteiger partial charge on any atom is -0.320 e. The second kappa shape index (κ2) is 5.16. The van der Waals surface area contributed by atoms with Crippen LogP contribution in [0.5, 0.6) is 0 Å². The van der Waals surface area contributed by atoms with Crippen LogP contribution in [0.2, 0.25) is 0 Å². The summed E-state index contributed by atoms with van der Waals surface area (Å²) in [6.45, 7) is 8.52. The van der Waals surface area contributed by atoms with E-state index in [9.17, 15) is 0 Å². The number of benzene rings is 1. The van der Waals surface area contributed by atoms with Crippen molar-refractivity contribution in [1.82, 2.24) is 0 Å². The molecule has 0 fully saturated rings. The molecule has 1 atom stereocenters. The first-order chi connectivity index (χ1) is 8.40. The fraction of sp³-hybridized carbons (Fsp3) is 0.333. The number of hydrogen-bond acceptors (Lipinski definition) is 2. The smallest absolute Gasteiger partial charge is 0.0731 e.